The Balaban J connectivity index is 1.09. The van der Waals surface area contributed by atoms with Crippen LogP contribution in [0.2, 0.25) is 0 Å². The number of carboxylic acid groups (broad SMARTS) is 1. The van der Waals surface area contributed by atoms with Crippen molar-refractivity contribution in [3.8, 4) is 0 Å². The standard InChI is InChI=1S/C29H35FN2O4/c1-35-26-13-23(19-5-3-2-4-6-19)24(20-7-8-20)14-29(26,30)18-32-16-28(17-32)15-25(31-36-28)21-9-11-22(12-10-21)27(33)34/h2-6,13,20-22H,7-12,14-18H2,1H3,(H,33,34)/t21-,22-,29?. The number of carboxylic acids is 1. The number of hydrogen-bond acceptors (Lipinski definition) is 5. The van der Waals surface area contributed by atoms with E-state index >= 15 is 4.39 Å². The molecule has 1 spiro atoms. The Morgan fingerprint density at radius 2 is 1.81 bits per heavy atom. The number of benzene rings is 1. The van der Waals surface area contributed by atoms with Gasteiger partial charge in [0.15, 0.2) is 11.3 Å². The minimum Gasteiger partial charge on any atom is -0.498 e. The predicted octanol–water partition coefficient (Wildman–Crippen LogP) is 5.21. The maximum absolute atomic E-state index is 16.6. The first-order chi connectivity index (χ1) is 17.4. The van der Waals surface area contributed by atoms with Crippen LogP contribution in [0.1, 0.15) is 56.9 Å². The lowest BCUT2D eigenvalue weighted by molar-refractivity contribution is -0.142. The molecule has 2 saturated carbocycles. The molecular formula is C29H35FN2O4. The monoisotopic (exact) mass is 494 g/mol. The summed E-state index contributed by atoms with van der Waals surface area (Å²) >= 11 is 0. The molecule has 192 valence electrons. The number of methoxy groups -OCH3 is 1. The quantitative estimate of drug-likeness (QED) is 0.563. The lowest BCUT2D eigenvalue weighted by Crippen LogP contribution is -2.64. The van der Waals surface area contributed by atoms with E-state index < -0.39 is 11.6 Å². The molecule has 5 aliphatic rings. The van der Waals surface area contributed by atoms with Crippen molar-refractivity contribution >= 4 is 17.3 Å². The summed E-state index contributed by atoms with van der Waals surface area (Å²) in [7, 11) is 1.57. The van der Waals surface area contributed by atoms with Crippen molar-refractivity contribution in [2.75, 3.05) is 26.7 Å². The van der Waals surface area contributed by atoms with Crippen LogP contribution in [0.5, 0.6) is 0 Å². The van der Waals surface area contributed by atoms with Crippen molar-refractivity contribution in [1.82, 2.24) is 4.90 Å². The second kappa shape index (κ2) is 9.02. The highest BCUT2D eigenvalue weighted by atomic mass is 19.1. The minimum absolute atomic E-state index is 0.228. The summed E-state index contributed by atoms with van der Waals surface area (Å²) < 4.78 is 22.2. The summed E-state index contributed by atoms with van der Waals surface area (Å²) in [5, 5.41) is 13.7. The molecule has 6 rings (SSSR count). The van der Waals surface area contributed by atoms with Crippen molar-refractivity contribution < 1.29 is 23.9 Å². The van der Waals surface area contributed by atoms with Crippen LogP contribution in [0.3, 0.4) is 0 Å². The highest BCUT2D eigenvalue weighted by Gasteiger charge is 2.54. The molecule has 7 heteroatoms. The van der Waals surface area contributed by atoms with Gasteiger partial charge in [-0.05, 0) is 61.7 Å². The SMILES string of the molecule is COC1=CC(c2ccccc2)=C(C2CC2)CC1(F)CN1CC2(CC([C@H]3CC[C@H](C(=O)O)CC3)=NO2)C1. The molecule has 1 aromatic carbocycles. The molecule has 0 aromatic heterocycles. The fraction of sp³-hybridized carbons (Fsp3) is 0.586. The number of allylic oxidation sites excluding steroid dienone is 3. The number of likely N-dealkylation sites (tertiary alicyclic amines) is 1. The molecule has 6 nitrogen and oxygen atoms in total. The Hall–Kier alpha value is -2.67. The number of aliphatic carboxylic acids is 1. The smallest absolute Gasteiger partial charge is 0.306 e. The number of halogens is 1. The van der Waals surface area contributed by atoms with E-state index in [9.17, 15) is 9.90 Å². The van der Waals surface area contributed by atoms with E-state index in [-0.39, 0.29) is 18.1 Å². The van der Waals surface area contributed by atoms with Crippen LogP contribution in [0.4, 0.5) is 4.39 Å². The average molecular weight is 495 g/mol. The second-order valence-electron chi connectivity index (χ2n) is 11.5. The summed E-state index contributed by atoms with van der Waals surface area (Å²) in [5.74, 6) is 0.274. The van der Waals surface area contributed by atoms with Gasteiger partial charge in [-0.2, -0.15) is 0 Å². The topological polar surface area (TPSA) is 71.4 Å². The number of ether oxygens (including phenoxy) is 1. The fourth-order valence-corrected chi connectivity index (χ4v) is 6.74. The van der Waals surface area contributed by atoms with Crippen LogP contribution in [-0.4, -0.2) is 59.7 Å². The summed E-state index contributed by atoms with van der Waals surface area (Å²) in [6.07, 6.45) is 8.46. The zero-order valence-electron chi connectivity index (χ0n) is 20.9. The van der Waals surface area contributed by atoms with Crippen molar-refractivity contribution in [1.29, 1.82) is 0 Å². The first-order valence-corrected chi connectivity index (χ1v) is 13.3. The number of carbonyl (C=O) groups is 1. The maximum atomic E-state index is 16.6. The Labute approximate surface area is 211 Å². The van der Waals surface area contributed by atoms with E-state index in [1.807, 2.05) is 24.3 Å². The van der Waals surface area contributed by atoms with Crippen LogP contribution < -0.4 is 0 Å². The number of oxime groups is 1. The number of nitrogens with zero attached hydrogens (tertiary/aromatic N) is 2. The number of hydrogen-bond donors (Lipinski definition) is 1. The predicted molar refractivity (Wildman–Crippen MR) is 135 cm³/mol. The molecule has 36 heavy (non-hydrogen) atoms. The van der Waals surface area contributed by atoms with Crippen LogP contribution in [-0.2, 0) is 14.4 Å². The van der Waals surface area contributed by atoms with Crippen molar-refractivity contribution in [3.05, 3.63) is 53.3 Å². The molecule has 1 aromatic rings. The van der Waals surface area contributed by atoms with E-state index in [2.05, 4.69) is 22.2 Å². The normalized spacial score (nSPS) is 31.9. The van der Waals surface area contributed by atoms with E-state index in [0.717, 1.165) is 49.0 Å². The number of rotatable bonds is 7. The van der Waals surface area contributed by atoms with Gasteiger partial charge in [0.1, 0.15) is 5.76 Å². The molecule has 3 fully saturated rings. The maximum Gasteiger partial charge on any atom is 0.306 e. The Kier molecular flexibility index (Phi) is 5.94. The Morgan fingerprint density at radius 3 is 2.44 bits per heavy atom. The number of alkyl halides is 1. The van der Waals surface area contributed by atoms with Crippen LogP contribution in [0.15, 0.2) is 52.9 Å². The van der Waals surface area contributed by atoms with Crippen LogP contribution >= 0.6 is 0 Å². The molecule has 0 amide bonds. The Bertz CT molecular complexity index is 1110. The lowest BCUT2D eigenvalue weighted by Gasteiger charge is -2.48. The molecule has 1 saturated heterocycles. The second-order valence-corrected chi connectivity index (χ2v) is 11.5. The fourth-order valence-electron chi connectivity index (χ4n) is 6.74. The average Bonchev–Trinajstić information content (AvgIpc) is 3.62. The van der Waals surface area contributed by atoms with E-state index in [0.29, 0.717) is 49.9 Å². The van der Waals surface area contributed by atoms with Crippen molar-refractivity contribution in [3.63, 3.8) is 0 Å². The largest absolute Gasteiger partial charge is 0.498 e. The molecule has 0 radical (unpaired) electrons. The molecule has 1 N–H and O–H groups in total. The van der Waals surface area contributed by atoms with E-state index in [4.69, 9.17) is 9.57 Å². The van der Waals surface area contributed by atoms with Gasteiger partial charge in [-0.3, -0.25) is 9.69 Å². The van der Waals surface area contributed by atoms with Crippen molar-refractivity contribution in [2.24, 2.45) is 22.9 Å². The molecule has 0 bridgehead atoms. The van der Waals surface area contributed by atoms with Gasteiger partial charge >= 0.3 is 5.97 Å². The van der Waals surface area contributed by atoms with Gasteiger partial charge in [0.25, 0.3) is 0 Å². The zero-order chi connectivity index (χ0) is 24.9. The van der Waals surface area contributed by atoms with E-state index in [1.54, 1.807) is 7.11 Å². The van der Waals surface area contributed by atoms with E-state index in [1.165, 1.54) is 5.57 Å². The third-order valence-corrected chi connectivity index (χ3v) is 8.81. The summed E-state index contributed by atoms with van der Waals surface area (Å²) in [5.41, 5.74) is 2.63. The Morgan fingerprint density at radius 1 is 1.11 bits per heavy atom. The van der Waals surface area contributed by atoms with Crippen molar-refractivity contribution in [2.45, 2.75) is 62.6 Å². The zero-order valence-corrected chi connectivity index (χ0v) is 20.9. The van der Waals surface area contributed by atoms with Crippen LogP contribution in [0.25, 0.3) is 5.57 Å². The lowest BCUT2D eigenvalue weighted by atomic mass is 9.76. The molecule has 1 atom stereocenters. The molecule has 3 aliphatic carbocycles. The molecule has 2 heterocycles. The summed E-state index contributed by atoms with van der Waals surface area (Å²) in [4.78, 5) is 19.3. The van der Waals surface area contributed by atoms with Crippen LogP contribution in [0, 0.1) is 17.8 Å². The van der Waals surface area contributed by atoms with Gasteiger partial charge < -0.3 is 14.7 Å². The van der Waals surface area contributed by atoms with Gasteiger partial charge in [-0.1, -0.05) is 41.1 Å². The summed E-state index contributed by atoms with van der Waals surface area (Å²) in [6, 6.07) is 10.2. The third kappa shape index (κ3) is 4.36. The first kappa shape index (κ1) is 23.7. The molecular weight excluding hydrogens is 459 g/mol. The first-order valence-electron chi connectivity index (χ1n) is 13.3. The molecule has 1 unspecified atom stereocenters. The van der Waals surface area contributed by atoms with Gasteiger partial charge in [-0.15, -0.1) is 0 Å². The van der Waals surface area contributed by atoms with Gasteiger partial charge in [0.2, 0.25) is 0 Å². The highest BCUT2D eigenvalue weighted by molar-refractivity contribution is 5.89. The van der Waals surface area contributed by atoms with Gasteiger partial charge in [-0.25, -0.2) is 4.39 Å². The van der Waals surface area contributed by atoms with Gasteiger partial charge in [0.05, 0.1) is 18.7 Å². The summed E-state index contributed by atoms with van der Waals surface area (Å²) in [6.45, 7) is 1.59. The minimum atomic E-state index is -1.55. The highest BCUT2D eigenvalue weighted by Crippen LogP contribution is 2.50. The van der Waals surface area contributed by atoms with Gasteiger partial charge in [0, 0.05) is 38.4 Å². The molecule has 2 aliphatic heterocycles. The third-order valence-electron chi connectivity index (χ3n) is 8.81.